The van der Waals surface area contributed by atoms with Gasteiger partial charge in [0.2, 0.25) is 5.88 Å². The van der Waals surface area contributed by atoms with Crippen LogP contribution in [0.1, 0.15) is 11.3 Å². The summed E-state index contributed by atoms with van der Waals surface area (Å²) in [5.41, 5.74) is 3.58. The van der Waals surface area contributed by atoms with Crippen LogP contribution in [0.25, 0.3) is 22.5 Å². The molecule has 4 aromatic rings. The highest BCUT2D eigenvalue weighted by Crippen LogP contribution is 2.31. The standard InChI is InChI=1S/C20H18N4O3S/c1-13-14(2)23-27-20(13)24-28(25,26)18-6-4-3-5-17(18)15-7-9-16(10-8-15)19-21-11-12-22-19/h3-12,24H,1-2H3,(H,21,22). The topological polar surface area (TPSA) is 101 Å². The van der Waals surface area contributed by atoms with Gasteiger partial charge < -0.3 is 9.51 Å². The molecule has 0 atom stereocenters. The Morgan fingerprint density at radius 1 is 1.00 bits per heavy atom. The highest BCUT2D eigenvalue weighted by molar-refractivity contribution is 7.92. The molecule has 2 aromatic heterocycles. The minimum Gasteiger partial charge on any atom is -0.345 e. The third kappa shape index (κ3) is 3.29. The van der Waals surface area contributed by atoms with Gasteiger partial charge >= 0.3 is 0 Å². The number of benzene rings is 2. The molecule has 0 aliphatic carbocycles. The van der Waals surface area contributed by atoms with Crippen molar-refractivity contribution in [2.24, 2.45) is 0 Å². The summed E-state index contributed by atoms with van der Waals surface area (Å²) < 4.78 is 33.6. The molecule has 0 amide bonds. The molecule has 0 radical (unpaired) electrons. The van der Waals surface area contributed by atoms with E-state index in [0.29, 0.717) is 16.8 Å². The Hall–Kier alpha value is -3.39. The predicted octanol–water partition coefficient (Wildman–Crippen LogP) is 4.15. The molecular formula is C20H18N4O3S. The fourth-order valence-corrected chi connectivity index (χ4v) is 4.14. The molecule has 2 N–H and O–H groups in total. The molecule has 2 aromatic carbocycles. The fourth-order valence-electron chi connectivity index (χ4n) is 2.86. The van der Waals surface area contributed by atoms with Gasteiger partial charge in [0.05, 0.1) is 10.6 Å². The van der Waals surface area contributed by atoms with Crippen LogP contribution in [0.4, 0.5) is 5.88 Å². The summed E-state index contributed by atoms with van der Waals surface area (Å²) in [5, 5.41) is 3.80. The Balaban J connectivity index is 1.71. The number of aromatic nitrogens is 3. The maximum Gasteiger partial charge on any atom is 0.264 e. The largest absolute Gasteiger partial charge is 0.345 e. The van der Waals surface area contributed by atoms with Crippen LogP contribution in [0.15, 0.2) is 70.3 Å². The van der Waals surface area contributed by atoms with Gasteiger partial charge in [0.25, 0.3) is 10.0 Å². The summed E-state index contributed by atoms with van der Waals surface area (Å²) in [4.78, 5) is 7.44. The number of hydrogen-bond acceptors (Lipinski definition) is 5. The minimum atomic E-state index is -3.86. The lowest BCUT2D eigenvalue weighted by Crippen LogP contribution is -2.14. The molecule has 142 valence electrons. The van der Waals surface area contributed by atoms with Gasteiger partial charge in [0.15, 0.2) is 0 Å². The number of sulfonamides is 1. The number of nitrogens with zero attached hydrogens (tertiary/aromatic N) is 2. The number of aryl methyl sites for hydroxylation is 1. The van der Waals surface area contributed by atoms with Crippen molar-refractivity contribution in [1.82, 2.24) is 15.1 Å². The SMILES string of the molecule is Cc1noc(NS(=O)(=O)c2ccccc2-c2ccc(-c3ncc[nH]3)cc2)c1C. The number of aromatic amines is 1. The van der Waals surface area contributed by atoms with Crippen LogP contribution in [-0.2, 0) is 10.0 Å². The van der Waals surface area contributed by atoms with E-state index in [1.165, 1.54) is 0 Å². The molecular weight excluding hydrogens is 376 g/mol. The number of imidazole rings is 1. The Labute approximate surface area is 162 Å². The molecule has 0 fully saturated rings. The second-order valence-corrected chi connectivity index (χ2v) is 7.99. The first-order chi connectivity index (χ1) is 13.5. The molecule has 0 saturated carbocycles. The van der Waals surface area contributed by atoms with Crippen molar-refractivity contribution >= 4 is 15.9 Å². The third-order valence-corrected chi connectivity index (χ3v) is 5.92. The Kier molecular flexibility index (Phi) is 4.48. The number of anilines is 1. The summed E-state index contributed by atoms with van der Waals surface area (Å²) in [6.45, 7) is 3.51. The summed E-state index contributed by atoms with van der Waals surface area (Å²) in [7, 11) is -3.86. The van der Waals surface area contributed by atoms with E-state index in [0.717, 1.165) is 17.0 Å². The van der Waals surface area contributed by atoms with Gasteiger partial charge in [-0.1, -0.05) is 47.6 Å². The molecule has 0 bridgehead atoms. The van der Waals surface area contributed by atoms with Gasteiger partial charge in [-0.15, -0.1) is 0 Å². The lowest BCUT2D eigenvalue weighted by molar-refractivity contribution is 0.430. The van der Waals surface area contributed by atoms with Crippen molar-refractivity contribution in [3.05, 3.63) is 72.2 Å². The normalized spacial score (nSPS) is 11.5. The lowest BCUT2D eigenvalue weighted by Gasteiger charge is -2.11. The summed E-state index contributed by atoms with van der Waals surface area (Å²) >= 11 is 0. The average Bonchev–Trinajstić information content (AvgIpc) is 3.34. The van der Waals surface area contributed by atoms with E-state index in [1.54, 1.807) is 50.5 Å². The van der Waals surface area contributed by atoms with Crippen LogP contribution in [0.2, 0.25) is 0 Å². The van der Waals surface area contributed by atoms with Crippen LogP contribution in [-0.4, -0.2) is 23.5 Å². The van der Waals surface area contributed by atoms with Crippen molar-refractivity contribution < 1.29 is 12.9 Å². The van der Waals surface area contributed by atoms with Crippen molar-refractivity contribution in [3.63, 3.8) is 0 Å². The van der Waals surface area contributed by atoms with Crippen LogP contribution in [0.5, 0.6) is 0 Å². The maximum absolute atomic E-state index is 13.0. The molecule has 0 aliphatic heterocycles. The van der Waals surface area contributed by atoms with Gasteiger partial charge in [-0.05, 0) is 25.5 Å². The summed E-state index contributed by atoms with van der Waals surface area (Å²) in [5.74, 6) is 0.880. The number of nitrogens with one attached hydrogen (secondary N) is 2. The Morgan fingerprint density at radius 3 is 2.36 bits per heavy atom. The molecule has 28 heavy (non-hydrogen) atoms. The molecule has 2 heterocycles. The predicted molar refractivity (Wildman–Crippen MR) is 106 cm³/mol. The van der Waals surface area contributed by atoms with E-state index < -0.39 is 10.0 Å². The zero-order valence-corrected chi connectivity index (χ0v) is 16.1. The van der Waals surface area contributed by atoms with Gasteiger partial charge in [-0.3, -0.25) is 0 Å². The van der Waals surface area contributed by atoms with Gasteiger partial charge in [0, 0.05) is 29.1 Å². The number of H-pyrrole nitrogens is 1. The highest BCUT2D eigenvalue weighted by Gasteiger charge is 2.22. The number of hydrogen-bond donors (Lipinski definition) is 2. The van der Waals surface area contributed by atoms with Crippen molar-refractivity contribution in [2.75, 3.05) is 4.72 Å². The molecule has 0 spiro atoms. The van der Waals surface area contributed by atoms with Crippen LogP contribution in [0.3, 0.4) is 0 Å². The summed E-state index contributed by atoms with van der Waals surface area (Å²) in [6.07, 6.45) is 3.44. The smallest absolute Gasteiger partial charge is 0.264 e. The highest BCUT2D eigenvalue weighted by atomic mass is 32.2. The minimum absolute atomic E-state index is 0.125. The zero-order valence-electron chi connectivity index (χ0n) is 15.3. The van der Waals surface area contributed by atoms with Crippen LogP contribution in [0, 0.1) is 13.8 Å². The van der Waals surface area contributed by atoms with E-state index in [4.69, 9.17) is 4.52 Å². The second-order valence-electron chi connectivity index (χ2n) is 6.34. The summed E-state index contributed by atoms with van der Waals surface area (Å²) in [6, 6.07) is 14.4. The first-order valence-electron chi connectivity index (χ1n) is 8.60. The first kappa shape index (κ1) is 18.0. The van der Waals surface area contributed by atoms with Gasteiger partial charge in [0.1, 0.15) is 5.82 Å². The van der Waals surface area contributed by atoms with E-state index in [2.05, 4.69) is 19.8 Å². The second kappa shape index (κ2) is 6.97. The zero-order chi connectivity index (χ0) is 19.7. The van der Waals surface area contributed by atoms with Crippen molar-refractivity contribution in [1.29, 1.82) is 0 Å². The average molecular weight is 394 g/mol. The quantitative estimate of drug-likeness (QED) is 0.529. The fraction of sp³-hybridized carbons (Fsp3) is 0.100. The van der Waals surface area contributed by atoms with E-state index in [9.17, 15) is 8.42 Å². The maximum atomic E-state index is 13.0. The van der Waals surface area contributed by atoms with Crippen molar-refractivity contribution in [3.8, 4) is 22.5 Å². The molecule has 4 rings (SSSR count). The molecule has 0 saturated heterocycles. The van der Waals surface area contributed by atoms with Gasteiger partial charge in [-0.2, -0.15) is 0 Å². The first-order valence-corrected chi connectivity index (χ1v) is 10.1. The molecule has 8 heteroatoms. The van der Waals surface area contributed by atoms with Crippen molar-refractivity contribution in [2.45, 2.75) is 18.7 Å². The lowest BCUT2D eigenvalue weighted by atomic mass is 10.0. The Bertz CT molecular complexity index is 1210. The number of rotatable bonds is 5. The monoisotopic (exact) mass is 394 g/mol. The van der Waals surface area contributed by atoms with E-state index in [1.807, 2.05) is 24.3 Å². The van der Waals surface area contributed by atoms with E-state index >= 15 is 0 Å². The molecule has 0 unspecified atom stereocenters. The molecule has 7 nitrogen and oxygen atoms in total. The third-order valence-electron chi connectivity index (χ3n) is 4.53. The van der Waals surface area contributed by atoms with Crippen LogP contribution < -0.4 is 4.72 Å². The van der Waals surface area contributed by atoms with Crippen LogP contribution >= 0.6 is 0 Å². The Morgan fingerprint density at radius 2 is 1.71 bits per heavy atom. The van der Waals surface area contributed by atoms with Gasteiger partial charge in [-0.25, -0.2) is 18.1 Å². The molecule has 0 aliphatic rings. The van der Waals surface area contributed by atoms with E-state index in [-0.39, 0.29) is 10.8 Å².